The van der Waals surface area contributed by atoms with Crippen LogP contribution in [0.5, 0.6) is 11.5 Å². The van der Waals surface area contributed by atoms with Crippen LogP contribution in [0.15, 0.2) is 41.1 Å². The summed E-state index contributed by atoms with van der Waals surface area (Å²) >= 11 is 3.49. The third kappa shape index (κ3) is 3.78. The Labute approximate surface area is 122 Å². The van der Waals surface area contributed by atoms with Crippen LogP contribution < -0.4 is 10.1 Å². The molecule has 0 bridgehead atoms. The molecule has 19 heavy (non-hydrogen) atoms. The fourth-order valence-corrected chi connectivity index (χ4v) is 1.96. The fraction of sp³-hybridized carbons (Fsp3) is 0.267. The second-order valence-electron chi connectivity index (χ2n) is 4.28. The van der Waals surface area contributed by atoms with E-state index in [2.05, 4.69) is 33.2 Å². The van der Waals surface area contributed by atoms with Crippen LogP contribution in [0.2, 0.25) is 0 Å². The first kappa shape index (κ1) is 14.0. The standard InChI is InChI=1S/C15H17BrN2O/c1-3-17-9-12-6-7-18-10-15(12)19-13-4-5-14(16)11(2)8-13/h4-8,10,17H,3,9H2,1-2H3. The highest BCUT2D eigenvalue weighted by atomic mass is 79.9. The molecule has 0 spiro atoms. The van der Waals surface area contributed by atoms with Gasteiger partial charge in [0.25, 0.3) is 0 Å². The highest BCUT2D eigenvalue weighted by Gasteiger charge is 2.05. The number of aromatic nitrogens is 1. The van der Waals surface area contributed by atoms with Gasteiger partial charge in [0.2, 0.25) is 0 Å². The predicted molar refractivity (Wildman–Crippen MR) is 80.6 cm³/mol. The summed E-state index contributed by atoms with van der Waals surface area (Å²) in [4.78, 5) is 4.13. The summed E-state index contributed by atoms with van der Waals surface area (Å²) in [6.45, 7) is 5.84. The minimum Gasteiger partial charge on any atom is -0.455 e. The van der Waals surface area contributed by atoms with Crippen molar-refractivity contribution in [2.75, 3.05) is 6.54 Å². The maximum Gasteiger partial charge on any atom is 0.150 e. The van der Waals surface area contributed by atoms with E-state index in [-0.39, 0.29) is 0 Å². The Morgan fingerprint density at radius 2 is 2.16 bits per heavy atom. The molecule has 0 unspecified atom stereocenters. The summed E-state index contributed by atoms with van der Waals surface area (Å²) < 4.78 is 7.00. The SMILES string of the molecule is CCNCc1ccncc1Oc1ccc(Br)c(C)c1. The molecule has 0 atom stereocenters. The van der Waals surface area contributed by atoms with Crippen molar-refractivity contribution < 1.29 is 4.74 Å². The minimum absolute atomic E-state index is 0.782. The van der Waals surface area contributed by atoms with E-state index in [4.69, 9.17) is 4.74 Å². The zero-order chi connectivity index (χ0) is 13.7. The molecule has 0 fully saturated rings. The molecule has 0 amide bonds. The van der Waals surface area contributed by atoms with Crippen LogP contribution in [-0.2, 0) is 6.54 Å². The summed E-state index contributed by atoms with van der Waals surface area (Å²) in [5.41, 5.74) is 2.26. The lowest BCUT2D eigenvalue weighted by Gasteiger charge is -2.11. The zero-order valence-electron chi connectivity index (χ0n) is 11.1. The molecule has 1 N–H and O–H groups in total. The number of nitrogens with zero attached hydrogens (tertiary/aromatic N) is 1. The van der Waals surface area contributed by atoms with E-state index in [0.29, 0.717) is 0 Å². The highest BCUT2D eigenvalue weighted by molar-refractivity contribution is 9.10. The van der Waals surface area contributed by atoms with Crippen LogP contribution in [-0.4, -0.2) is 11.5 Å². The molecule has 1 heterocycles. The van der Waals surface area contributed by atoms with Gasteiger partial charge in [-0.3, -0.25) is 4.98 Å². The molecule has 0 saturated carbocycles. The molecule has 1 aromatic heterocycles. The summed E-state index contributed by atoms with van der Waals surface area (Å²) in [7, 11) is 0. The Morgan fingerprint density at radius 3 is 2.89 bits per heavy atom. The van der Waals surface area contributed by atoms with Crippen LogP contribution in [0.1, 0.15) is 18.1 Å². The van der Waals surface area contributed by atoms with Crippen molar-refractivity contribution in [2.24, 2.45) is 0 Å². The highest BCUT2D eigenvalue weighted by Crippen LogP contribution is 2.27. The van der Waals surface area contributed by atoms with Gasteiger partial charge in [-0.2, -0.15) is 0 Å². The van der Waals surface area contributed by atoms with Crippen molar-refractivity contribution in [3.8, 4) is 11.5 Å². The Balaban J connectivity index is 2.20. The average Bonchev–Trinajstić information content (AvgIpc) is 2.42. The van der Waals surface area contributed by atoms with Crippen LogP contribution >= 0.6 is 15.9 Å². The van der Waals surface area contributed by atoms with Gasteiger partial charge in [0, 0.05) is 22.8 Å². The molecule has 0 aliphatic carbocycles. The van der Waals surface area contributed by atoms with Crippen molar-refractivity contribution in [1.29, 1.82) is 0 Å². The van der Waals surface area contributed by atoms with Crippen LogP contribution in [0, 0.1) is 6.92 Å². The normalized spacial score (nSPS) is 10.5. The van der Waals surface area contributed by atoms with Crippen LogP contribution in [0.4, 0.5) is 0 Å². The maximum absolute atomic E-state index is 5.92. The van der Waals surface area contributed by atoms with Crippen molar-refractivity contribution in [3.63, 3.8) is 0 Å². The summed E-state index contributed by atoms with van der Waals surface area (Å²) in [5.74, 6) is 1.62. The summed E-state index contributed by atoms with van der Waals surface area (Å²) in [5, 5.41) is 3.30. The van der Waals surface area contributed by atoms with Crippen molar-refractivity contribution in [2.45, 2.75) is 20.4 Å². The van der Waals surface area contributed by atoms with Gasteiger partial charge in [-0.25, -0.2) is 0 Å². The summed E-state index contributed by atoms with van der Waals surface area (Å²) in [6.07, 6.45) is 3.54. The van der Waals surface area contributed by atoms with E-state index < -0.39 is 0 Å². The fourth-order valence-electron chi connectivity index (χ4n) is 1.71. The first-order chi connectivity index (χ1) is 9.20. The zero-order valence-corrected chi connectivity index (χ0v) is 12.7. The number of hydrogen-bond donors (Lipinski definition) is 1. The molecular formula is C15H17BrN2O. The number of nitrogens with one attached hydrogen (secondary N) is 1. The van der Waals surface area contributed by atoms with Crippen molar-refractivity contribution >= 4 is 15.9 Å². The lowest BCUT2D eigenvalue weighted by molar-refractivity contribution is 0.470. The maximum atomic E-state index is 5.92. The lowest BCUT2D eigenvalue weighted by atomic mass is 10.2. The molecule has 0 aliphatic heterocycles. The number of halogens is 1. The molecule has 0 radical (unpaired) electrons. The first-order valence-electron chi connectivity index (χ1n) is 6.28. The smallest absolute Gasteiger partial charge is 0.150 e. The third-order valence-electron chi connectivity index (χ3n) is 2.79. The molecule has 2 rings (SSSR count). The predicted octanol–water partition coefficient (Wildman–Crippen LogP) is 4.05. The van der Waals surface area contributed by atoms with Gasteiger partial charge in [-0.05, 0) is 43.3 Å². The van der Waals surface area contributed by atoms with E-state index in [1.54, 1.807) is 12.4 Å². The molecule has 3 nitrogen and oxygen atoms in total. The number of benzene rings is 1. The number of hydrogen-bond acceptors (Lipinski definition) is 3. The van der Waals surface area contributed by atoms with Crippen LogP contribution in [0.3, 0.4) is 0 Å². The van der Waals surface area contributed by atoms with Crippen LogP contribution in [0.25, 0.3) is 0 Å². The monoisotopic (exact) mass is 320 g/mol. The molecule has 0 saturated heterocycles. The topological polar surface area (TPSA) is 34.2 Å². The lowest BCUT2D eigenvalue weighted by Crippen LogP contribution is -2.12. The van der Waals surface area contributed by atoms with Gasteiger partial charge in [0.05, 0.1) is 6.20 Å². The van der Waals surface area contributed by atoms with Gasteiger partial charge < -0.3 is 10.1 Å². The van der Waals surface area contributed by atoms with E-state index >= 15 is 0 Å². The molecular weight excluding hydrogens is 304 g/mol. The van der Waals surface area contributed by atoms with Gasteiger partial charge in [0.15, 0.2) is 0 Å². The van der Waals surface area contributed by atoms with Gasteiger partial charge in [0.1, 0.15) is 11.5 Å². The largest absolute Gasteiger partial charge is 0.455 e. The van der Waals surface area contributed by atoms with Crippen molar-refractivity contribution in [1.82, 2.24) is 10.3 Å². The molecule has 2 aromatic rings. The molecule has 4 heteroatoms. The minimum atomic E-state index is 0.782. The Bertz CT molecular complexity index is 558. The number of ether oxygens (including phenoxy) is 1. The first-order valence-corrected chi connectivity index (χ1v) is 7.07. The second kappa shape index (κ2) is 6.68. The third-order valence-corrected chi connectivity index (χ3v) is 3.68. The average molecular weight is 321 g/mol. The van der Waals surface area contributed by atoms with Gasteiger partial charge >= 0.3 is 0 Å². The van der Waals surface area contributed by atoms with E-state index in [0.717, 1.165) is 40.2 Å². The second-order valence-corrected chi connectivity index (χ2v) is 5.13. The van der Waals surface area contributed by atoms with E-state index in [1.165, 1.54) is 0 Å². The Hall–Kier alpha value is -1.39. The quantitative estimate of drug-likeness (QED) is 0.902. The number of rotatable bonds is 5. The van der Waals surface area contributed by atoms with Gasteiger partial charge in [-0.15, -0.1) is 0 Å². The number of pyridine rings is 1. The Morgan fingerprint density at radius 1 is 1.32 bits per heavy atom. The van der Waals surface area contributed by atoms with E-state index in [1.807, 2.05) is 31.2 Å². The number of aryl methyl sites for hydroxylation is 1. The molecule has 100 valence electrons. The molecule has 0 aliphatic rings. The Kier molecular flexibility index (Phi) is 4.93. The van der Waals surface area contributed by atoms with Gasteiger partial charge in [-0.1, -0.05) is 22.9 Å². The molecule has 1 aromatic carbocycles. The van der Waals surface area contributed by atoms with E-state index in [9.17, 15) is 0 Å². The van der Waals surface area contributed by atoms with Crippen molar-refractivity contribution in [3.05, 3.63) is 52.3 Å². The summed E-state index contributed by atoms with van der Waals surface area (Å²) in [6, 6.07) is 7.92.